The summed E-state index contributed by atoms with van der Waals surface area (Å²) in [6.45, 7) is 0. The molecule has 1 aromatic carbocycles. The first kappa shape index (κ1) is 37.5. The van der Waals surface area contributed by atoms with Crippen molar-refractivity contribution in [1.29, 1.82) is 0 Å². The van der Waals surface area contributed by atoms with Gasteiger partial charge in [-0.2, -0.15) is 107 Å². The normalized spacial score (nSPS) is 15.4. The van der Waals surface area contributed by atoms with Crippen molar-refractivity contribution in [3.63, 3.8) is 0 Å². The Labute approximate surface area is 232 Å². The van der Waals surface area contributed by atoms with Crippen molar-refractivity contribution in [2.24, 2.45) is 0 Å². The maximum Gasteiger partial charge on any atom is 0.460 e. The Balaban J connectivity index is 2.65. The molecule has 0 fully saturated rings. The third-order valence-electron chi connectivity index (χ3n) is 5.69. The average Bonchev–Trinajstić information content (AvgIpc) is 2.86. The lowest BCUT2D eigenvalue weighted by Crippen LogP contribution is -2.76. The average molecular weight is 705 g/mol. The lowest BCUT2D eigenvalue weighted by Gasteiger charge is -2.44. The van der Waals surface area contributed by atoms with Gasteiger partial charge >= 0.3 is 59.5 Å². The smallest absolute Gasteiger partial charge is 0.368 e. The number of alkyl halides is 21. The van der Waals surface area contributed by atoms with Gasteiger partial charge in [0.15, 0.2) is 5.82 Å². The minimum Gasteiger partial charge on any atom is -0.368 e. The van der Waals surface area contributed by atoms with Gasteiger partial charge in [0.25, 0.3) is 0 Å². The highest BCUT2D eigenvalue weighted by molar-refractivity contribution is 5.58. The zero-order chi connectivity index (χ0) is 35.8. The summed E-state index contributed by atoms with van der Waals surface area (Å²) in [6.07, 6.45) is -8.04. The van der Waals surface area contributed by atoms with Gasteiger partial charge in [-0.25, -0.2) is 0 Å². The molecule has 1 aromatic heterocycles. The van der Waals surface area contributed by atoms with Crippen LogP contribution in [0, 0.1) is 0 Å². The van der Waals surface area contributed by atoms with E-state index in [2.05, 4.69) is 15.0 Å². The molecule has 0 atom stereocenters. The number of halogens is 21. The van der Waals surface area contributed by atoms with Crippen LogP contribution in [0.3, 0.4) is 0 Å². The molecule has 0 saturated heterocycles. The summed E-state index contributed by atoms with van der Waals surface area (Å²) in [5.74, 6) is -79.7. The van der Waals surface area contributed by atoms with Crippen LogP contribution in [-0.4, -0.2) is 68.5 Å². The van der Waals surface area contributed by atoms with Crippen molar-refractivity contribution >= 4 is 11.9 Å². The molecule has 256 valence electrons. The van der Waals surface area contributed by atoms with Gasteiger partial charge in [0.1, 0.15) is 0 Å². The number of hydrogen-bond donors (Lipinski definition) is 2. The van der Waals surface area contributed by atoms with Gasteiger partial charge < -0.3 is 11.5 Å². The molecule has 0 amide bonds. The van der Waals surface area contributed by atoms with E-state index in [-0.39, 0.29) is 24.3 Å². The SMILES string of the molecule is Nc1nc(N)nc(-c2ccc(C(F)(F)C(F)(F)C(F)(F)C(F)(F)C(F)(F)C(F)(F)C(F)(F)C(F)(F)C(F)(F)C(F)(F)F)cc2)n1. The number of aromatic nitrogens is 3. The first-order chi connectivity index (χ1) is 19.6. The molecule has 26 heteroatoms. The molecular formula is C19H8F21N5. The van der Waals surface area contributed by atoms with E-state index in [0.29, 0.717) is 0 Å². The molecule has 0 saturated carbocycles. The van der Waals surface area contributed by atoms with E-state index in [1.807, 2.05) is 0 Å². The molecule has 1 heterocycles. The van der Waals surface area contributed by atoms with Crippen molar-refractivity contribution in [3.05, 3.63) is 29.8 Å². The summed E-state index contributed by atoms with van der Waals surface area (Å²) < 4.78 is 284. The number of rotatable bonds is 10. The number of anilines is 2. The monoisotopic (exact) mass is 705 g/mol. The molecule has 5 nitrogen and oxygen atoms in total. The quantitative estimate of drug-likeness (QED) is 0.251. The topological polar surface area (TPSA) is 90.7 Å². The summed E-state index contributed by atoms with van der Waals surface area (Å²) in [5.41, 5.74) is 7.29. The Hall–Kier alpha value is -3.64. The van der Waals surface area contributed by atoms with Crippen LogP contribution in [0.1, 0.15) is 5.56 Å². The fraction of sp³-hybridized carbons (Fsp3) is 0.526. The summed E-state index contributed by atoms with van der Waals surface area (Å²) in [7, 11) is 0. The third-order valence-corrected chi connectivity index (χ3v) is 5.69. The van der Waals surface area contributed by atoms with Crippen molar-refractivity contribution in [3.8, 4) is 11.4 Å². The van der Waals surface area contributed by atoms with Gasteiger partial charge in [-0.1, -0.05) is 24.3 Å². The zero-order valence-electron chi connectivity index (χ0n) is 20.2. The molecule has 0 aliphatic rings. The molecule has 0 unspecified atom stereocenters. The van der Waals surface area contributed by atoms with Crippen LogP contribution in [0.15, 0.2) is 24.3 Å². The van der Waals surface area contributed by atoms with Crippen LogP contribution >= 0.6 is 0 Å². The van der Waals surface area contributed by atoms with Gasteiger partial charge in [-0.3, -0.25) is 0 Å². The molecule has 0 spiro atoms. The summed E-state index contributed by atoms with van der Waals surface area (Å²) in [4.78, 5) is 10.0. The van der Waals surface area contributed by atoms with Crippen molar-refractivity contribution in [1.82, 2.24) is 15.0 Å². The lowest BCUT2D eigenvalue weighted by molar-refractivity contribution is -0.474. The molecule has 0 radical (unpaired) electrons. The van der Waals surface area contributed by atoms with Gasteiger partial charge in [0, 0.05) is 11.1 Å². The molecular weight excluding hydrogens is 697 g/mol. The third kappa shape index (κ3) is 4.97. The van der Waals surface area contributed by atoms with E-state index in [0.717, 1.165) is 0 Å². The molecule has 0 bridgehead atoms. The summed E-state index contributed by atoms with van der Waals surface area (Å²) in [5, 5.41) is 0. The van der Waals surface area contributed by atoms with Crippen molar-refractivity contribution < 1.29 is 92.2 Å². The fourth-order valence-electron chi connectivity index (χ4n) is 3.11. The van der Waals surface area contributed by atoms with Crippen LogP contribution in [0.4, 0.5) is 104 Å². The standard InChI is InChI=1S/C19H8F21N5/c20-10(21,6-3-1-5(2-4-6)7-43-8(41)45-9(42)44-7)11(22,23)12(24,25)13(26,27)14(28,29)15(30,31)16(32,33)17(34,35)18(36,37)19(38,39)40/h1-4H,(H4,41,42,43,44,45). The Morgan fingerprint density at radius 3 is 0.978 bits per heavy atom. The fourth-order valence-corrected chi connectivity index (χ4v) is 3.11. The second-order valence-corrected chi connectivity index (χ2v) is 8.62. The maximum atomic E-state index is 14.4. The van der Waals surface area contributed by atoms with Crippen LogP contribution in [0.25, 0.3) is 11.4 Å². The molecule has 2 aromatic rings. The minimum absolute atomic E-state index is 0.218. The first-order valence-electron chi connectivity index (χ1n) is 10.5. The van der Waals surface area contributed by atoms with Gasteiger partial charge in [-0.15, -0.1) is 0 Å². The van der Waals surface area contributed by atoms with Crippen LogP contribution in [-0.2, 0) is 5.92 Å². The van der Waals surface area contributed by atoms with Gasteiger partial charge in [-0.05, 0) is 0 Å². The Bertz CT molecular complexity index is 1380. The van der Waals surface area contributed by atoms with E-state index >= 15 is 0 Å². The van der Waals surface area contributed by atoms with Crippen LogP contribution in [0.5, 0.6) is 0 Å². The maximum absolute atomic E-state index is 14.4. The molecule has 0 aliphatic heterocycles. The number of nitrogen functional groups attached to an aromatic ring is 2. The van der Waals surface area contributed by atoms with Crippen molar-refractivity contribution in [2.45, 2.75) is 59.5 Å². The molecule has 4 N–H and O–H groups in total. The molecule has 2 rings (SSSR count). The minimum atomic E-state index is -9.23. The Kier molecular flexibility index (Phi) is 8.50. The molecule has 0 aliphatic carbocycles. The Morgan fingerprint density at radius 1 is 0.378 bits per heavy atom. The van der Waals surface area contributed by atoms with E-state index in [1.165, 1.54) is 0 Å². The first-order valence-corrected chi connectivity index (χ1v) is 10.5. The predicted octanol–water partition coefficient (Wildman–Crippen LogP) is 7.44. The number of nitrogens with zero attached hydrogens (tertiary/aromatic N) is 3. The number of nitrogens with two attached hydrogens (primary N) is 2. The highest BCUT2D eigenvalue weighted by atomic mass is 19.4. The zero-order valence-corrected chi connectivity index (χ0v) is 20.2. The van der Waals surface area contributed by atoms with E-state index < -0.39 is 88.3 Å². The van der Waals surface area contributed by atoms with Crippen molar-refractivity contribution in [2.75, 3.05) is 11.5 Å². The van der Waals surface area contributed by atoms with E-state index in [9.17, 15) is 92.2 Å². The van der Waals surface area contributed by atoms with E-state index in [4.69, 9.17) is 11.5 Å². The van der Waals surface area contributed by atoms with E-state index in [1.54, 1.807) is 0 Å². The highest BCUT2D eigenvalue weighted by Gasteiger charge is 2.97. The predicted molar refractivity (Wildman–Crippen MR) is 104 cm³/mol. The lowest BCUT2D eigenvalue weighted by atomic mass is 9.85. The highest BCUT2D eigenvalue weighted by Crippen LogP contribution is 2.66. The number of hydrogen-bond acceptors (Lipinski definition) is 5. The largest absolute Gasteiger partial charge is 0.460 e. The summed E-state index contributed by atoms with van der Waals surface area (Å²) in [6, 6.07) is -0.241. The van der Waals surface area contributed by atoms with Crippen LogP contribution in [0.2, 0.25) is 0 Å². The number of benzene rings is 1. The van der Waals surface area contributed by atoms with Gasteiger partial charge in [0.05, 0.1) is 0 Å². The second-order valence-electron chi connectivity index (χ2n) is 8.62. The second kappa shape index (κ2) is 10.2. The van der Waals surface area contributed by atoms with Crippen LogP contribution < -0.4 is 11.5 Å². The van der Waals surface area contributed by atoms with Gasteiger partial charge in [0.2, 0.25) is 11.9 Å². The Morgan fingerprint density at radius 2 is 0.667 bits per heavy atom. The summed E-state index contributed by atoms with van der Waals surface area (Å²) >= 11 is 0. The molecule has 45 heavy (non-hydrogen) atoms.